The van der Waals surface area contributed by atoms with Gasteiger partial charge in [0.05, 0.1) is 19.5 Å². The third kappa shape index (κ3) is 9.40. The molecule has 8 nitrogen and oxygen atoms in total. The number of rotatable bonds is 10. The van der Waals surface area contributed by atoms with E-state index < -0.39 is 10.0 Å². The van der Waals surface area contributed by atoms with Crippen LogP contribution in [0.1, 0.15) is 32.3 Å². The highest BCUT2D eigenvalue weighted by Gasteiger charge is 2.24. The average Bonchev–Trinajstić information content (AvgIpc) is 2.72. The summed E-state index contributed by atoms with van der Waals surface area (Å²) in [5.74, 6) is 2.76. The van der Waals surface area contributed by atoms with Gasteiger partial charge >= 0.3 is 0 Å². The maximum Gasteiger partial charge on any atom is 0.211 e. The topological polar surface area (TPSA) is 92.3 Å². The van der Waals surface area contributed by atoms with E-state index in [9.17, 15) is 8.42 Å². The van der Waals surface area contributed by atoms with Crippen molar-refractivity contribution in [2.75, 3.05) is 52.7 Å². The maximum absolute atomic E-state index is 11.6. The average molecular weight is 569 g/mol. The van der Waals surface area contributed by atoms with Crippen LogP contribution in [0.3, 0.4) is 0 Å². The minimum absolute atomic E-state index is 0. The van der Waals surface area contributed by atoms with Gasteiger partial charge in [-0.1, -0.05) is 6.07 Å². The molecule has 2 rings (SSSR count). The van der Waals surface area contributed by atoms with Crippen LogP contribution >= 0.6 is 24.0 Å². The summed E-state index contributed by atoms with van der Waals surface area (Å²) in [6, 6.07) is 6.04. The van der Waals surface area contributed by atoms with Crippen molar-refractivity contribution in [1.29, 1.82) is 0 Å². The molecule has 2 N–H and O–H groups in total. The lowest BCUT2D eigenvalue weighted by molar-refractivity contribution is 0.275. The van der Waals surface area contributed by atoms with Crippen molar-refractivity contribution in [3.8, 4) is 11.5 Å². The fraction of sp³-hybridized carbons (Fsp3) is 0.667. The Morgan fingerprint density at radius 2 is 1.77 bits per heavy atom. The Hall–Kier alpha value is -1.27. The van der Waals surface area contributed by atoms with Crippen molar-refractivity contribution < 1.29 is 17.9 Å². The number of nitrogens with one attached hydrogen (secondary N) is 2. The Morgan fingerprint density at radius 3 is 2.35 bits per heavy atom. The molecular weight excluding hydrogens is 531 g/mol. The monoisotopic (exact) mass is 568 g/mol. The lowest BCUT2D eigenvalue weighted by atomic mass is 9.98. The molecule has 1 aromatic carbocycles. The fourth-order valence-corrected chi connectivity index (χ4v) is 4.36. The molecule has 0 aromatic heterocycles. The molecule has 1 aliphatic heterocycles. The molecule has 0 bridgehead atoms. The van der Waals surface area contributed by atoms with E-state index in [4.69, 9.17) is 9.47 Å². The molecule has 0 spiro atoms. The van der Waals surface area contributed by atoms with E-state index in [0.29, 0.717) is 32.2 Å². The number of hydrogen-bond acceptors (Lipinski definition) is 5. The second kappa shape index (κ2) is 14.0. The van der Waals surface area contributed by atoms with Crippen LogP contribution in [-0.4, -0.2) is 71.4 Å². The molecule has 1 aliphatic rings. The molecule has 178 valence electrons. The van der Waals surface area contributed by atoms with Crippen molar-refractivity contribution in [2.45, 2.75) is 33.1 Å². The number of ether oxygens (including phenoxy) is 2. The maximum atomic E-state index is 11.6. The highest BCUT2D eigenvalue weighted by Crippen LogP contribution is 2.28. The number of piperidine rings is 1. The quantitative estimate of drug-likeness (QED) is 0.256. The first kappa shape index (κ1) is 27.8. The van der Waals surface area contributed by atoms with Gasteiger partial charge in [-0.3, -0.25) is 4.99 Å². The molecule has 1 aromatic rings. The molecule has 1 fully saturated rings. The van der Waals surface area contributed by atoms with Gasteiger partial charge in [-0.15, -0.1) is 24.0 Å². The van der Waals surface area contributed by atoms with Crippen molar-refractivity contribution in [3.63, 3.8) is 0 Å². The molecule has 0 unspecified atom stereocenters. The number of nitrogens with zero attached hydrogens (tertiary/aromatic N) is 2. The zero-order valence-electron chi connectivity index (χ0n) is 19.0. The highest BCUT2D eigenvalue weighted by atomic mass is 127. The van der Waals surface area contributed by atoms with E-state index >= 15 is 0 Å². The summed E-state index contributed by atoms with van der Waals surface area (Å²) >= 11 is 0. The molecular formula is C21H37IN4O4S. The summed E-state index contributed by atoms with van der Waals surface area (Å²) < 4.78 is 36.1. The number of sulfonamides is 1. The first-order chi connectivity index (χ1) is 14.4. The van der Waals surface area contributed by atoms with Gasteiger partial charge in [0.2, 0.25) is 10.0 Å². The van der Waals surface area contributed by atoms with E-state index in [2.05, 4.69) is 21.7 Å². The molecule has 31 heavy (non-hydrogen) atoms. The van der Waals surface area contributed by atoms with Gasteiger partial charge in [-0.2, -0.15) is 0 Å². The predicted molar refractivity (Wildman–Crippen MR) is 136 cm³/mol. The van der Waals surface area contributed by atoms with Crippen LogP contribution in [0.5, 0.6) is 11.5 Å². The van der Waals surface area contributed by atoms with Crippen molar-refractivity contribution in [3.05, 3.63) is 23.8 Å². The van der Waals surface area contributed by atoms with Crippen LogP contribution in [-0.2, 0) is 16.4 Å². The first-order valence-electron chi connectivity index (χ1n) is 10.7. The van der Waals surface area contributed by atoms with Crippen LogP contribution in [0.15, 0.2) is 23.2 Å². The highest BCUT2D eigenvalue weighted by molar-refractivity contribution is 14.0. The molecule has 1 heterocycles. The van der Waals surface area contributed by atoms with Gasteiger partial charge < -0.3 is 20.1 Å². The van der Waals surface area contributed by atoms with Gasteiger partial charge in [0, 0.05) is 33.2 Å². The summed E-state index contributed by atoms with van der Waals surface area (Å²) in [6.45, 7) is 7.85. The SMILES string of the molecule is CCOc1ccc(CCNC(=NC)NCC2CCN(S(C)(=O)=O)CC2)cc1OCC.I. The van der Waals surface area contributed by atoms with Crippen LogP contribution in [0.4, 0.5) is 0 Å². The standard InChI is InChI=1S/C21H36N4O4S.HI/c1-5-28-19-8-7-17(15-20(19)29-6-2)9-12-23-21(22-3)24-16-18-10-13-25(14-11-18)30(4,26)27;/h7-8,15,18H,5-6,9-14,16H2,1-4H3,(H2,22,23,24);1H. The van der Waals surface area contributed by atoms with E-state index in [1.807, 2.05) is 26.0 Å². The Labute approximate surface area is 204 Å². The van der Waals surface area contributed by atoms with Crippen molar-refractivity contribution in [2.24, 2.45) is 10.9 Å². The minimum Gasteiger partial charge on any atom is -0.490 e. The molecule has 0 radical (unpaired) electrons. The Bertz CT molecular complexity index is 797. The van der Waals surface area contributed by atoms with E-state index in [0.717, 1.165) is 55.4 Å². The summed E-state index contributed by atoms with van der Waals surface area (Å²) in [7, 11) is -1.32. The van der Waals surface area contributed by atoms with Gasteiger partial charge in [-0.05, 0) is 56.7 Å². The number of halogens is 1. The van der Waals surface area contributed by atoms with Crippen LogP contribution in [0.2, 0.25) is 0 Å². The smallest absolute Gasteiger partial charge is 0.211 e. The van der Waals surface area contributed by atoms with Crippen LogP contribution in [0, 0.1) is 5.92 Å². The normalized spacial score (nSPS) is 15.8. The van der Waals surface area contributed by atoms with E-state index in [-0.39, 0.29) is 24.0 Å². The lowest BCUT2D eigenvalue weighted by Crippen LogP contribution is -2.44. The fourth-order valence-electron chi connectivity index (χ4n) is 3.48. The number of aliphatic imine (C=N–C) groups is 1. The third-order valence-electron chi connectivity index (χ3n) is 5.14. The second-order valence-electron chi connectivity index (χ2n) is 7.38. The van der Waals surface area contributed by atoms with Crippen molar-refractivity contribution >= 4 is 40.0 Å². The summed E-state index contributed by atoms with van der Waals surface area (Å²) in [5.41, 5.74) is 1.16. The summed E-state index contributed by atoms with van der Waals surface area (Å²) in [4.78, 5) is 4.29. The van der Waals surface area contributed by atoms with Gasteiger partial charge in [0.15, 0.2) is 17.5 Å². The van der Waals surface area contributed by atoms with E-state index in [1.165, 1.54) is 6.26 Å². The summed E-state index contributed by atoms with van der Waals surface area (Å²) in [5, 5.41) is 6.71. The third-order valence-corrected chi connectivity index (χ3v) is 6.44. The molecule has 0 aliphatic carbocycles. The molecule has 0 atom stereocenters. The molecule has 10 heteroatoms. The Morgan fingerprint density at radius 1 is 1.13 bits per heavy atom. The van der Waals surface area contributed by atoms with Crippen LogP contribution < -0.4 is 20.1 Å². The zero-order chi connectivity index (χ0) is 22.0. The Balaban J connectivity index is 0.00000480. The lowest BCUT2D eigenvalue weighted by Gasteiger charge is -2.30. The van der Waals surface area contributed by atoms with E-state index in [1.54, 1.807) is 11.4 Å². The summed E-state index contributed by atoms with van der Waals surface area (Å²) in [6.07, 6.45) is 3.84. The number of guanidine groups is 1. The number of hydrogen-bond donors (Lipinski definition) is 2. The van der Waals surface area contributed by atoms with Crippen molar-refractivity contribution in [1.82, 2.24) is 14.9 Å². The molecule has 0 saturated carbocycles. The largest absolute Gasteiger partial charge is 0.490 e. The molecule has 0 amide bonds. The zero-order valence-corrected chi connectivity index (χ0v) is 22.2. The molecule has 1 saturated heterocycles. The Kier molecular flexibility index (Phi) is 12.5. The second-order valence-corrected chi connectivity index (χ2v) is 9.36. The van der Waals surface area contributed by atoms with Gasteiger partial charge in [0.1, 0.15) is 0 Å². The van der Waals surface area contributed by atoms with Gasteiger partial charge in [0.25, 0.3) is 0 Å². The first-order valence-corrected chi connectivity index (χ1v) is 12.5. The number of benzene rings is 1. The van der Waals surface area contributed by atoms with Crippen LogP contribution in [0.25, 0.3) is 0 Å². The predicted octanol–water partition coefficient (Wildman–Crippen LogP) is 2.48. The van der Waals surface area contributed by atoms with Gasteiger partial charge in [-0.25, -0.2) is 12.7 Å². The minimum atomic E-state index is -3.08.